The Morgan fingerprint density at radius 1 is 0.510 bits per heavy atom. The zero-order chi connectivity index (χ0) is 32.6. The summed E-state index contributed by atoms with van der Waals surface area (Å²) < 4.78 is 0. The number of unbranched alkanes of at least 4 members (excludes halogenated alkanes) is 2. The minimum absolute atomic E-state index is 0. The fraction of sp³-hybridized carbons (Fsp3) is 0.902. The maximum atomic E-state index is 5.59. The number of nitrogens with zero attached hydrogens (tertiary/aromatic N) is 2. The molecule has 0 aliphatic heterocycles. The molecule has 0 aromatic heterocycles. The van der Waals surface area contributed by atoms with Gasteiger partial charge < -0.3 is 39.7 Å². The number of fused-ring (bicyclic) bond motifs is 2. The van der Waals surface area contributed by atoms with Crippen molar-refractivity contribution >= 4 is 49.1 Å². The summed E-state index contributed by atoms with van der Waals surface area (Å²) >= 11 is 4.83. The Labute approximate surface area is 362 Å². The van der Waals surface area contributed by atoms with Crippen LogP contribution in [0.25, 0.3) is 9.96 Å². The first-order valence-electron chi connectivity index (χ1n) is 18.7. The van der Waals surface area contributed by atoms with Gasteiger partial charge in [-0.2, -0.15) is 0 Å². The third-order valence-electron chi connectivity index (χ3n) is 11.6. The van der Waals surface area contributed by atoms with E-state index in [0.29, 0.717) is 0 Å². The van der Waals surface area contributed by atoms with Gasteiger partial charge in [-0.05, 0) is 48.3 Å². The molecule has 4 rings (SSSR count). The van der Waals surface area contributed by atoms with Crippen LogP contribution in [0.3, 0.4) is 0 Å². The van der Waals surface area contributed by atoms with Gasteiger partial charge in [0.1, 0.15) is 32.6 Å². The van der Waals surface area contributed by atoms with Gasteiger partial charge >= 0.3 is 43.4 Å². The standard InChI is InChI=1S/C35H68N2Si2.6CH3.2Al.2Ti/c1-34(2,3)36-38(7,8)32-28(24-26-18-14-16-22-30(26)32)20-12-11-13-21-29-25-27-19-15-17-23-31(27)33(29)39(9,10)37-35(4,5)6;;;;;;;;;;/h26-33H,11-25H2,1-10H3;6*1H3;;;;/q-2;;;4*-1;;;2*+3. The molecule has 4 saturated carbocycles. The van der Waals surface area contributed by atoms with Crippen LogP contribution in [0.4, 0.5) is 0 Å². The van der Waals surface area contributed by atoms with E-state index in [0.717, 1.165) is 46.6 Å². The topological polar surface area (TPSA) is 28.2 Å². The zero-order valence-electron chi connectivity index (χ0n) is 36.3. The summed E-state index contributed by atoms with van der Waals surface area (Å²) in [6.45, 7) is 24.6. The van der Waals surface area contributed by atoms with Crippen molar-refractivity contribution in [2.75, 3.05) is 0 Å². The predicted molar refractivity (Wildman–Crippen MR) is 228 cm³/mol. The molecule has 0 spiro atoms. The van der Waals surface area contributed by atoms with Gasteiger partial charge in [0.15, 0.2) is 0 Å². The summed E-state index contributed by atoms with van der Waals surface area (Å²) in [6, 6.07) is 0. The van der Waals surface area contributed by atoms with Crippen LogP contribution < -0.4 is 0 Å². The second-order valence-electron chi connectivity index (χ2n) is 18.0. The normalized spacial score (nSPS) is 29.0. The van der Waals surface area contributed by atoms with Crippen molar-refractivity contribution in [2.45, 2.75) is 198 Å². The van der Waals surface area contributed by atoms with E-state index in [2.05, 4.69) is 100 Å². The van der Waals surface area contributed by atoms with Gasteiger partial charge in [-0.3, -0.25) is 0 Å². The maximum Gasteiger partial charge on any atom is 3.00 e. The van der Waals surface area contributed by atoms with Crippen molar-refractivity contribution in [1.29, 1.82) is 0 Å². The van der Waals surface area contributed by atoms with Crippen LogP contribution >= 0.6 is 0 Å². The second kappa shape index (κ2) is 27.4. The summed E-state index contributed by atoms with van der Waals surface area (Å²) in [5, 5.41) is 0. The number of hydrogen-bond acceptors (Lipinski definition) is 0. The van der Waals surface area contributed by atoms with Crippen LogP contribution in [0.1, 0.15) is 138 Å². The van der Waals surface area contributed by atoms with Crippen molar-refractivity contribution in [2.24, 2.45) is 35.5 Å². The van der Waals surface area contributed by atoms with E-state index >= 15 is 0 Å². The van der Waals surface area contributed by atoms with Crippen molar-refractivity contribution in [3.63, 3.8) is 0 Å². The van der Waals surface area contributed by atoms with Gasteiger partial charge in [-0.15, -0.1) is 22.6 Å². The molecule has 4 fully saturated rings. The second-order valence-corrected chi connectivity index (χ2v) is 26.4. The molecule has 0 aromatic rings. The molecule has 0 saturated heterocycles. The monoisotopic (exact) mass is 812 g/mol. The summed E-state index contributed by atoms with van der Waals surface area (Å²) in [5.74, 6) is 9.81. The molecule has 6 radical (unpaired) electrons. The summed E-state index contributed by atoms with van der Waals surface area (Å²) in [5.41, 5.74) is 2.13. The van der Waals surface area contributed by atoms with Gasteiger partial charge in [-0.1, -0.05) is 179 Å². The predicted octanol–water partition coefficient (Wildman–Crippen LogP) is 14.3. The molecular formula is C41H86Al2N2Si2Ti2. The number of rotatable bonds is 10. The summed E-state index contributed by atoms with van der Waals surface area (Å²) in [4.78, 5) is 11.2. The smallest absolute Gasteiger partial charge is 0.660 e. The van der Waals surface area contributed by atoms with E-state index in [1.165, 1.54) is 96.3 Å². The van der Waals surface area contributed by atoms with Crippen LogP contribution in [0, 0.1) is 65.2 Å². The average Bonchev–Trinajstić information content (AvgIpc) is 3.47. The Bertz CT molecular complexity index is 739. The van der Waals surface area contributed by atoms with Crippen molar-refractivity contribution in [3.05, 3.63) is 39.7 Å². The maximum absolute atomic E-state index is 5.59. The fourth-order valence-corrected chi connectivity index (χ4v) is 21.1. The zero-order valence-corrected chi connectivity index (χ0v) is 43.7. The Hall–Kier alpha value is 2.85. The van der Waals surface area contributed by atoms with E-state index in [-0.39, 0.29) is 84.2 Å². The minimum atomic E-state index is -1.62. The molecule has 2 nitrogen and oxygen atoms in total. The van der Waals surface area contributed by atoms with E-state index in [1.54, 1.807) is 0 Å². The molecule has 0 bridgehead atoms. The SMILES string of the molecule is CC(C)(C)[N-][Si](C)(C)C1C(CCCCCC2CC3CCCCC3C2[Si](C)(C)[N-]C(C)(C)C)CC2CCCCC21.[CH3-].[CH3-].[CH3-].[CH3-].[CH3][Al].[CH3][Al].[Ti+3].[Ti+3]. The first-order valence-corrected chi connectivity index (χ1v) is 27.1. The molecule has 0 aromatic carbocycles. The Kier molecular flexibility index (Phi) is 34.2. The molecule has 0 heterocycles. The quantitative estimate of drug-likeness (QED) is 0.119. The van der Waals surface area contributed by atoms with Gasteiger partial charge in [0, 0.05) is 0 Å². The molecule has 8 atom stereocenters. The van der Waals surface area contributed by atoms with Crippen LogP contribution in [0.2, 0.25) is 48.8 Å². The van der Waals surface area contributed by atoms with Crippen LogP contribution in [-0.2, 0) is 43.4 Å². The van der Waals surface area contributed by atoms with Crippen LogP contribution in [0.15, 0.2) is 0 Å². The molecule has 0 N–H and O–H groups in total. The largest absolute Gasteiger partial charge is 3.00 e. The molecule has 8 heteroatoms. The molecule has 4 aliphatic carbocycles. The minimum Gasteiger partial charge on any atom is -0.660 e. The van der Waals surface area contributed by atoms with Gasteiger partial charge in [0.25, 0.3) is 0 Å². The van der Waals surface area contributed by atoms with Crippen LogP contribution in [-0.4, -0.2) is 60.1 Å². The van der Waals surface area contributed by atoms with Crippen molar-refractivity contribution in [3.8, 4) is 0 Å². The van der Waals surface area contributed by atoms with Crippen molar-refractivity contribution in [1.82, 2.24) is 0 Å². The molecular weight excluding hydrogens is 726 g/mol. The molecule has 0 amide bonds. The molecule has 4 aliphatic rings. The van der Waals surface area contributed by atoms with E-state index < -0.39 is 16.5 Å². The van der Waals surface area contributed by atoms with E-state index in [4.69, 9.17) is 9.96 Å². The molecule has 8 unspecified atom stereocenters. The van der Waals surface area contributed by atoms with E-state index in [1.807, 2.05) is 11.6 Å². The van der Waals surface area contributed by atoms with Crippen molar-refractivity contribution < 1.29 is 43.4 Å². The number of hydrogen-bond donors (Lipinski definition) is 0. The third-order valence-corrected chi connectivity index (χ3v) is 19.2. The Balaban J connectivity index is -0.000000622. The third kappa shape index (κ3) is 18.6. The summed E-state index contributed by atoms with van der Waals surface area (Å²) in [6.07, 6.45) is 22.5. The van der Waals surface area contributed by atoms with Gasteiger partial charge in [0.2, 0.25) is 0 Å². The fourth-order valence-electron chi connectivity index (χ4n) is 11.4. The first kappa shape index (κ1) is 61.1. The van der Waals surface area contributed by atoms with Crippen LogP contribution in [0.5, 0.6) is 0 Å². The van der Waals surface area contributed by atoms with Gasteiger partial charge in [0.05, 0.1) is 0 Å². The average molecular weight is 813 g/mol. The Morgan fingerprint density at radius 3 is 1.08 bits per heavy atom. The first-order chi connectivity index (χ1) is 20.1. The van der Waals surface area contributed by atoms with Gasteiger partial charge in [-0.25, -0.2) is 0 Å². The summed E-state index contributed by atoms with van der Waals surface area (Å²) in [7, 11) is -3.23. The molecule has 49 heavy (non-hydrogen) atoms. The Morgan fingerprint density at radius 2 is 0.796 bits per heavy atom. The van der Waals surface area contributed by atoms with E-state index in [9.17, 15) is 0 Å². The molecule has 282 valence electrons.